The van der Waals surface area contributed by atoms with Gasteiger partial charge >= 0.3 is 12.1 Å². The van der Waals surface area contributed by atoms with Crippen molar-refractivity contribution in [2.45, 2.75) is 57.8 Å². The second-order valence-electron chi connectivity index (χ2n) is 8.86. The third-order valence-corrected chi connectivity index (χ3v) is 5.14. The molecule has 3 rings (SSSR count). The number of alkyl carbamates (subject to hydrolysis) is 1. The lowest BCUT2D eigenvalue weighted by atomic mass is 9.89. The molecule has 0 bridgehead atoms. The maximum Gasteiger partial charge on any atom is 0.407 e. The molecule has 1 aliphatic heterocycles. The van der Waals surface area contributed by atoms with Crippen molar-refractivity contribution in [1.29, 1.82) is 5.26 Å². The van der Waals surface area contributed by atoms with Crippen LogP contribution in [0.2, 0.25) is 0 Å². The molecule has 1 heterocycles. The fourth-order valence-electron chi connectivity index (χ4n) is 3.73. The van der Waals surface area contributed by atoms with Crippen LogP contribution in [0.15, 0.2) is 54.6 Å². The highest BCUT2D eigenvalue weighted by molar-refractivity contribution is 5.77. The molecule has 0 radical (unpaired) electrons. The zero-order valence-electron chi connectivity index (χ0n) is 18.1. The van der Waals surface area contributed by atoms with Crippen LogP contribution >= 0.6 is 0 Å². The van der Waals surface area contributed by atoms with Crippen LogP contribution < -0.4 is 5.32 Å². The number of esters is 1. The van der Waals surface area contributed by atoms with Gasteiger partial charge in [0.25, 0.3) is 0 Å². The van der Waals surface area contributed by atoms with Gasteiger partial charge in [-0.1, -0.05) is 42.5 Å². The predicted molar refractivity (Wildman–Crippen MR) is 116 cm³/mol. The molecule has 2 aromatic carbocycles. The minimum atomic E-state index is -0.629. The van der Waals surface area contributed by atoms with Gasteiger partial charge in [0, 0.05) is 12.5 Å². The van der Waals surface area contributed by atoms with Gasteiger partial charge in [0.15, 0.2) is 0 Å². The molecular weight excluding hydrogens is 392 g/mol. The Morgan fingerprint density at radius 1 is 1.16 bits per heavy atom. The normalized spacial score (nSPS) is 19.2. The Hall–Kier alpha value is -3.33. The molecule has 0 saturated carbocycles. The average molecular weight is 421 g/mol. The molecule has 1 fully saturated rings. The summed E-state index contributed by atoms with van der Waals surface area (Å²) in [5.41, 5.74) is 1.98. The van der Waals surface area contributed by atoms with E-state index in [0.29, 0.717) is 24.8 Å². The third kappa shape index (κ3) is 6.58. The zero-order chi connectivity index (χ0) is 22.4. The van der Waals surface area contributed by atoms with E-state index >= 15 is 0 Å². The maximum atomic E-state index is 12.7. The first-order chi connectivity index (χ1) is 14.7. The van der Waals surface area contributed by atoms with Crippen LogP contribution in [0, 0.1) is 17.2 Å². The van der Waals surface area contributed by atoms with E-state index in [2.05, 4.69) is 11.4 Å². The van der Waals surface area contributed by atoms with Crippen molar-refractivity contribution in [2.75, 3.05) is 0 Å². The monoisotopic (exact) mass is 420 g/mol. The number of hydrogen-bond donors (Lipinski definition) is 1. The number of cyclic esters (lactones) is 1. The first-order valence-electron chi connectivity index (χ1n) is 10.5. The molecule has 31 heavy (non-hydrogen) atoms. The number of nitrogens with one attached hydrogen (secondary N) is 1. The van der Waals surface area contributed by atoms with Gasteiger partial charge in [0.2, 0.25) is 0 Å². The number of hydrogen-bond acceptors (Lipinski definition) is 5. The lowest BCUT2D eigenvalue weighted by molar-refractivity contribution is -0.144. The second kappa shape index (κ2) is 9.65. The van der Waals surface area contributed by atoms with Gasteiger partial charge in [-0.15, -0.1) is 0 Å². The average Bonchev–Trinajstić information content (AvgIpc) is 3.07. The Labute approximate surface area is 183 Å². The quantitative estimate of drug-likeness (QED) is 0.709. The van der Waals surface area contributed by atoms with Gasteiger partial charge < -0.3 is 14.8 Å². The number of ether oxygens (including phenoxy) is 2. The molecule has 6 nitrogen and oxygen atoms in total. The molecule has 1 saturated heterocycles. The van der Waals surface area contributed by atoms with Crippen molar-refractivity contribution in [3.05, 3.63) is 71.3 Å². The van der Waals surface area contributed by atoms with Gasteiger partial charge in [-0.25, -0.2) is 4.79 Å². The van der Waals surface area contributed by atoms with Crippen LogP contribution in [0.4, 0.5) is 4.79 Å². The molecule has 1 amide bonds. The highest BCUT2D eigenvalue weighted by Gasteiger charge is 2.40. The number of rotatable bonds is 6. The molecule has 6 heteroatoms. The number of nitrogens with zero attached hydrogens (tertiary/aromatic N) is 1. The predicted octanol–water partition coefficient (Wildman–Crippen LogP) is 4.17. The van der Waals surface area contributed by atoms with Crippen molar-refractivity contribution in [3.63, 3.8) is 0 Å². The highest BCUT2D eigenvalue weighted by Crippen LogP contribution is 2.29. The minimum Gasteiger partial charge on any atom is -0.462 e. The van der Waals surface area contributed by atoms with E-state index in [-0.39, 0.29) is 12.1 Å². The topological polar surface area (TPSA) is 88.4 Å². The number of carbonyl (C=O) groups is 2. The van der Waals surface area contributed by atoms with Gasteiger partial charge in [-0.2, -0.15) is 5.26 Å². The molecule has 0 aromatic heterocycles. The van der Waals surface area contributed by atoms with Crippen molar-refractivity contribution in [2.24, 2.45) is 5.92 Å². The third-order valence-electron chi connectivity index (χ3n) is 5.14. The Bertz CT molecular complexity index is 942. The first-order valence-corrected chi connectivity index (χ1v) is 10.5. The minimum absolute atomic E-state index is 0.274. The van der Waals surface area contributed by atoms with Crippen molar-refractivity contribution in [3.8, 4) is 6.07 Å². The fourth-order valence-corrected chi connectivity index (χ4v) is 3.73. The largest absolute Gasteiger partial charge is 0.462 e. The van der Waals surface area contributed by atoms with Crippen LogP contribution in [0.5, 0.6) is 0 Å². The molecule has 1 aliphatic rings. The van der Waals surface area contributed by atoms with E-state index in [1.165, 1.54) is 0 Å². The second-order valence-corrected chi connectivity index (χ2v) is 8.86. The van der Waals surface area contributed by atoms with E-state index in [1.54, 1.807) is 32.9 Å². The van der Waals surface area contributed by atoms with E-state index in [1.807, 2.05) is 42.5 Å². The first kappa shape index (κ1) is 22.4. The number of amides is 1. The summed E-state index contributed by atoms with van der Waals surface area (Å²) in [6, 6.07) is 18.7. The van der Waals surface area contributed by atoms with Crippen LogP contribution in [0.3, 0.4) is 0 Å². The van der Waals surface area contributed by atoms with Crippen LogP contribution in [-0.4, -0.2) is 29.8 Å². The molecule has 0 aliphatic carbocycles. The van der Waals surface area contributed by atoms with E-state index < -0.39 is 23.7 Å². The number of carbonyl (C=O) groups excluding carboxylic acids is 2. The van der Waals surface area contributed by atoms with Crippen molar-refractivity contribution < 1.29 is 19.1 Å². The molecule has 0 unspecified atom stereocenters. The standard InChI is InChI=1S/C25H28N2O4/c1-25(2,3)31-24(29)27-22(14-17-7-5-4-6-8-17)21-15-20(30-23(21)28)13-18-9-11-19(16-26)12-10-18/h4-12,20-22H,13-15H2,1-3H3,(H,27,29)/t20-,21-,22+/m1/s1. The maximum absolute atomic E-state index is 12.7. The molecule has 1 N–H and O–H groups in total. The van der Waals surface area contributed by atoms with Crippen LogP contribution in [-0.2, 0) is 27.1 Å². The van der Waals surface area contributed by atoms with Crippen LogP contribution in [0.1, 0.15) is 43.9 Å². The summed E-state index contributed by atoms with van der Waals surface area (Å²) in [6.07, 6.45) is 0.759. The summed E-state index contributed by atoms with van der Waals surface area (Å²) in [7, 11) is 0. The van der Waals surface area contributed by atoms with Gasteiger partial charge in [-0.3, -0.25) is 4.79 Å². The summed E-state index contributed by atoms with van der Waals surface area (Å²) >= 11 is 0. The highest BCUT2D eigenvalue weighted by atomic mass is 16.6. The zero-order valence-corrected chi connectivity index (χ0v) is 18.1. The van der Waals surface area contributed by atoms with Gasteiger partial charge in [-0.05, 0) is 56.9 Å². The Kier molecular flexibility index (Phi) is 6.96. The lowest BCUT2D eigenvalue weighted by Gasteiger charge is -2.26. The Balaban J connectivity index is 1.71. The summed E-state index contributed by atoms with van der Waals surface area (Å²) in [5, 5.41) is 11.8. The SMILES string of the molecule is CC(C)(C)OC(=O)N[C@@H](Cc1ccccc1)[C@H]1C[C@@H](Cc2ccc(C#N)cc2)OC1=O. The van der Waals surface area contributed by atoms with Crippen molar-refractivity contribution >= 4 is 12.1 Å². The van der Waals surface area contributed by atoms with E-state index in [4.69, 9.17) is 14.7 Å². The van der Waals surface area contributed by atoms with E-state index in [0.717, 1.165) is 11.1 Å². The number of nitriles is 1. The summed E-state index contributed by atoms with van der Waals surface area (Å²) in [6.45, 7) is 5.41. The van der Waals surface area contributed by atoms with Crippen molar-refractivity contribution in [1.82, 2.24) is 5.32 Å². The summed E-state index contributed by atoms with van der Waals surface area (Å²) in [4.78, 5) is 25.2. The van der Waals surface area contributed by atoms with Gasteiger partial charge in [0.1, 0.15) is 11.7 Å². The van der Waals surface area contributed by atoms with Crippen LogP contribution in [0.25, 0.3) is 0 Å². The molecular formula is C25H28N2O4. The Morgan fingerprint density at radius 2 is 1.84 bits per heavy atom. The molecule has 3 atom stereocenters. The fraction of sp³-hybridized carbons (Fsp3) is 0.400. The molecule has 0 spiro atoms. The molecule has 162 valence electrons. The smallest absolute Gasteiger partial charge is 0.407 e. The van der Waals surface area contributed by atoms with E-state index in [9.17, 15) is 9.59 Å². The lowest BCUT2D eigenvalue weighted by Crippen LogP contribution is -2.45. The molecule has 2 aromatic rings. The number of benzene rings is 2. The van der Waals surface area contributed by atoms with Gasteiger partial charge in [0.05, 0.1) is 17.6 Å². The summed E-state index contributed by atoms with van der Waals surface area (Å²) < 4.78 is 11.1. The summed E-state index contributed by atoms with van der Waals surface area (Å²) in [5.74, 6) is -0.772. The Morgan fingerprint density at radius 3 is 2.45 bits per heavy atom.